The minimum atomic E-state index is -0.0332. The molecule has 0 spiro atoms. The Morgan fingerprint density at radius 2 is 2.39 bits per heavy atom. The van der Waals surface area contributed by atoms with E-state index in [1.807, 2.05) is 30.0 Å². The number of nitriles is 1. The molecule has 0 aliphatic carbocycles. The Morgan fingerprint density at radius 1 is 1.56 bits per heavy atom. The molecule has 0 aromatic heterocycles. The summed E-state index contributed by atoms with van der Waals surface area (Å²) in [6, 6.07) is 9.51. The Kier molecular flexibility index (Phi) is 3.96. The molecule has 1 aliphatic rings. The van der Waals surface area contributed by atoms with E-state index in [0.717, 1.165) is 25.1 Å². The van der Waals surface area contributed by atoms with Crippen LogP contribution in [-0.2, 0) is 11.3 Å². The summed E-state index contributed by atoms with van der Waals surface area (Å²) in [6.07, 6.45) is 0.866. The van der Waals surface area contributed by atoms with E-state index in [0.29, 0.717) is 12.1 Å². The first kappa shape index (κ1) is 12.6. The van der Waals surface area contributed by atoms with E-state index in [1.165, 1.54) is 0 Å². The minimum absolute atomic E-state index is 0.0332. The standard InChI is InChI=1S/C14H17N3O/c1-2-16-13-6-7-17(14(13)18)10-12-5-3-4-11(8-12)9-15/h3-5,8,13,16H,2,6-7,10H2,1H3. The molecule has 4 heteroatoms. The Morgan fingerprint density at radius 3 is 3.11 bits per heavy atom. The summed E-state index contributed by atoms with van der Waals surface area (Å²) in [5, 5.41) is 12.0. The van der Waals surface area contributed by atoms with Gasteiger partial charge in [0.1, 0.15) is 0 Å². The lowest BCUT2D eigenvalue weighted by Gasteiger charge is -2.17. The number of carbonyl (C=O) groups is 1. The molecule has 1 amide bonds. The van der Waals surface area contributed by atoms with Crippen molar-refractivity contribution in [2.45, 2.75) is 25.9 Å². The van der Waals surface area contributed by atoms with E-state index in [4.69, 9.17) is 5.26 Å². The third-order valence-corrected chi connectivity index (χ3v) is 3.18. The average molecular weight is 243 g/mol. The highest BCUT2D eigenvalue weighted by Crippen LogP contribution is 2.15. The second-order valence-electron chi connectivity index (χ2n) is 4.47. The number of rotatable bonds is 4. The lowest BCUT2D eigenvalue weighted by atomic mass is 10.1. The van der Waals surface area contributed by atoms with Gasteiger partial charge in [0, 0.05) is 13.1 Å². The summed E-state index contributed by atoms with van der Waals surface area (Å²) < 4.78 is 0. The van der Waals surface area contributed by atoms with E-state index >= 15 is 0 Å². The Balaban J connectivity index is 2.02. The fraction of sp³-hybridized carbons (Fsp3) is 0.429. The van der Waals surface area contributed by atoms with Gasteiger partial charge in [-0.2, -0.15) is 5.26 Å². The minimum Gasteiger partial charge on any atom is -0.337 e. The molecule has 4 nitrogen and oxygen atoms in total. The summed E-state index contributed by atoms with van der Waals surface area (Å²) in [7, 11) is 0. The topological polar surface area (TPSA) is 56.1 Å². The Bertz CT molecular complexity index is 478. The lowest BCUT2D eigenvalue weighted by Crippen LogP contribution is -2.37. The van der Waals surface area contributed by atoms with Gasteiger partial charge in [0.15, 0.2) is 0 Å². The molecule has 1 fully saturated rings. The van der Waals surface area contributed by atoms with Crippen molar-refractivity contribution >= 4 is 5.91 Å². The smallest absolute Gasteiger partial charge is 0.240 e. The SMILES string of the molecule is CCNC1CCN(Cc2cccc(C#N)c2)C1=O. The van der Waals surface area contributed by atoms with Crippen molar-refractivity contribution in [2.75, 3.05) is 13.1 Å². The molecule has 0 radical (unpaired) electrons. The molecule has 1 aromatic carbocycles. The quantitative estimate of drug-likeness (QED) is 0.866. The van der Waals surface area contributed by atoms with Crippen LogP contribution in [0.3, 0.4) is 0 Å². The fourth-order valence-electron chi connectivity index (χ4n) is 2.29. The second-order valence-corrected chi connectivity index (χ2v) is 4.47. The van der Waals surface area contributed by atoms with Crippen LogP contribution in [0.5, 0.6) is 0 Å². The van der Waals surface area contributed by atoms with Crippen LogP contribution in [0.4, 0.5) is 0 Å². The summed E-state index contributed by atoms with van der Waals surface area (Å²) in [4.78, 5) is 13.9. The molecule has 18 heavy (non-hydrogen) atoms. The zero-order chi connectivity index (χ0) is 13.0. The maximum Gasteiger partial charge on any atom is 0.240 e. The van der Waals surface area contributed by atoms with Gasteiger partial charge in [0.2, 0.25) is 5.91 Å². The van der Waals surface area contributed by atoms with Crippen LogP contribution in [0, 0.1) is 11.3 Å². The molecule has 1 N–H and O–H groups in total. The van der Waals surface area contributed by atoms with E-state index in [-0.39, 0.29) is 11.9 Å². The number of likely N-dealkylation sites (N-methyl/N-ethyl adjacent to an activating group) is 1. The van der Waals surface area contributed by atoms with Gasteiger partial charge in [-0.05, 0) is 30.7 Å². The van der Waals surface area contributed by atoms with Crippen molar-refractivity contribution in [3.63, 3.8) is 0 Å². The van der Waals surface area contributed by atoms with E-state index in [1.54, 1.807) is 6.07 Å². The summed E-state index contributed by atoms with van der Waals surface area (Å²) in [6.45, 7) is 4.20. The monoisotopic (exact) mass is 243 g/mol. The van der Waals surface area contributed by atoms with Gasteiger partial charge in [-0.15, -0.1) is 0 Å². The molecular formula is C14H17N3O. The highest BCUT2D eigenvalue weighted by Gasteiger charge is 2.30. The van der Waals surface area contributed by atoms with Gasteiger partial charge in [-0.25, -0.2) is 0 Å². The third kappa shape index (κ3) is 2.69. The van der Waals surface area contributed by atoms with Gasteiger partial charge >= 0.3 is 0 Å². The zero-order valence-electron chi connectivity index (χ0n) is 10.5. The second kappa shape index (κ2) is 5.65. The first-order chi connectivity index (χ1) is 8.74. The maximum atomic E-state index is 12.1. The number of hydrogen-bond acceptors (Lipinski definition) is 3. The number of carbonyl (C=O) groups excluding carboxylic acids is 1. The molecule has 1 heterocycles. The number of hydrogen-bond donors (Lipinski definition) is 1. The maximum absolute atomic E-state index is 12.1. The zero-order valence-corrected chi connectivity index (χ0v) is 10.5. The van der Waals surface area contributed by atoms with E-state index in [2.05, 4.69) is 11.4 Å². The van der Waals surface area contributed by atoms with Crippen molar-refractivity contribution in [3.05, 3.63) is 35.4 Å². The summed E-state index contributed by atoms with van der Waals surface area (Å²) >= 11 is 0. The molecule has 94 valence electrons. The summed E-state index contributed by atoms with van der Waals surface area (Å²) in [5.41, 5.74) is 1.65. The lowest BCUT2D eigenvalue weighted by molar-refractivity contribution is -0.129. The van der Waals surface area contributed by atoms with Gasteiger partial charge in [-0.3, -0.25) is 4.79 Å². The van der Waals surface area contributed by atoms with Crippen molar-refractivity contribution in [1.82, 2.24) is 10.2 Å². The van der Waals surface area contributed by atoms with Crippen molar-refractivity contribution in [1.29, 1.82) is 5.26 Å². The molecule has 2 rings (SSSR count). The third-order valence-electron chi connectivity index (χ3n) is 3.18. The van der Waals surface area contributed by atoms with Crippen LogP contribution in [0.2, 0.25) is 0 Å². The molecule has 1 aliphatic heterocycles. The van der Waals surface area contributed by atoms with Crippen LogP contribution >= 0.6 is 0 Å². The molecule has 0 saturated carbocycles. The molecule has 1 saturated heterocycles. The Labute approximate surface area is 107 Å². The molecular weight excluding hydrogens is 226 g/mol. The van der Waals surface area contributed by atoms with Gasteiger partial charge in [-0.1, -0.05) is 19.1 Å². The number of nitrogens with one attached hydrogen (secondary N) is 1. The van der Waals surface area contributed by atoms with Crippen molar-refractivity contribution < 1.29 is 4.79 Å². The van der Waals surface area contributed by atoms with Gasteiger partial charge < -0.3 is 10.2 Å². The number of likely N-dealkylation sites (tertiary alicyclic amines) is 1. The van der Waals surface area contributed by atoms with Crippen LogP contribution in [0.15, 0.2) is 24.3 Å². The Hall–Kier alpha value is -1.86. The normalized spacial score (nSPS) is 19.0. The largest absolute Gasteiger partial charge is 0.337 e. The highest BCUT2D eigenvalue weighted by molar-refractivity contribution is 5.83. The molecule has 1 aromatic rings. The van der Waals surface area contributed by atoms with Crippen LogP contribution < -0.4 is 5.32 Å². The first-order valence-electron chi connectivity index (χ1n) is 6.25. The van der Waals surface area contributed by atoms with Crippen LogP contribution in [0.1, 0.15) is 24.5 Å². The van der Waals surface area contributed by atoms with Crippen molar-refractivity contribution in [3.8, 4) is 6.07 Å². The summed E-state index contributed by atoms with van der Waals surface area (Å²) in [5.74, 6) is 0.166. The fourth-order valence-corrected chi connectivity index (χ4v) is 2.29. The average Bonchev–Trinajstić information content (AvgIpc) is 2.72. The van der Waals surface area contributed by atoms with E-state index < -0.39 is 0 Å². The molecule has 0 bridgehead atoms. The highest BCUT2D eigenvalue weighted by atomic mass is 16.2. The van der Waals surface area contributed by atoms with Crippen molar-refractivity contribution in [2.24, 2.45) is 0 Å². The van der Waals surface area contributed by atoms with Crippen LogP contribution in [0.25, 0.3) is 0 Å². The first-order valence-corrected chi connectivity index (χ1v) is 6.25. The molecule has 1 atom stereocenters. The molecule has 1 unspecified atom stereocenters. The van der Waals surface area contributed by atoms with Crippen LogP contribution in [-0.4, -0.2) is 29.9 Å². The number of benzene rings is 1. The predicted molar refractivity (Wildman–Crippen MR) is 68.7 cm³/mol. The van der Waals surface area contributed by atoms with E-state index in [9.17, 15) is 4.79 Å². The number of amides is 1. The van der Waals surface area contributed by atoms with Gasteiger partial charge in [0.05, 0.1) is 17.7 Å². The number of nitrogens with zero attached hydrogens (tertiary/aromatic N) is 2. The van der Waals surface area contributed by atoms with Gasteiger partial charge in [0.25, 0.3) is 0 Å². The predicted octanol–water partition coefficient (Wildman–Crippen LogP) is 1.27.